The summed E-state index contributed by atoms with van der Waals surface area (Å²) >= 11 is 1.72. The molecular weight excluding hydrogens is 396 g/mol. The van der Waals surface area contributed by atoms with Crippen molar-refractivity contribution in [2.45, 2.75) is 24.7 Å². The Morgan fingerprint density at radius 2 is 1.93 bits per heavy atom. The molecule has 0 amide bonds. The lowest BCUT2D eigenvalue weighted by Crippen LogP contribution is -2.29. The molecule has 5 rings (SSSR count). The molecule has 2 aromatic heterocycles. The molecule has 0 spiro atoms. The normalized spacial score (nSPS) is 20.3. The molecule has 30 heavy (non-hydrogen) atoms. The first-order valence-electron chi connectivity index (χ1n) is 9.92. The summed E-state index contributed by atoms with van der Waals surface area (Å²) < 4.78 is 11.1. The zero-order chi connectivity index (χ0) is 20.7. The SMILES string of the molecule is COc1cc2c(cc1OC)[C@H](c1cccnc1)C1=C(C[C@@H](c3cccs3)CC1=O)N2. The number of pyridine rings is 1. The molecule has 0 bridgehead atoms. The van der Waals surface area contributed by atoms with Gasteiger partial charge in [0.2, 0.25) is 0 Å². The van der Waals surface area contributed by atoms with Gasteiger partial charge in [0.05, 0.1) is 14.2 Å². The summed E-state index contributed by atoms with van der Waals surface area (Å²) in [5.74, 6) is 1.53. The Morgan fingerprint density at radius 1 is 1.10 bits per heavy atom. The van der Waals surface area contributed by atoms with Crippen molar-refractivity contribution in [3.8, 4) is 11.5 Å². The lowest BCUT2D eigenvalue weighted by molar-refractivity contribution is -0.116. The number of hydrogen-bond acceptors (Lipinski definition) is 6. The molecule has 1 aliphatic heterocycles. The minimum atomic E-state index is -0.179. The van der Waals surface area contributed by atoms with Crippen LogP contribution >= 0.6 is 11.3 Å². The van der Waals surface area contributed by atoms with Crippen molar-refractivity contribution < 1.29 is 14.3 Å². The number of fused-ring (bicyclic) bond motifs is 1. The molecule has 1 N–H and O–H groups in total. The van der Waals surface area contributed by atoms with E-state index >= 15 is 0 Å². The van der Waals surface area contributed by atoms with Gasteiger partial charge in [0.15, 0.2) is 17.3 Å². The second kappa shape index (κ2) is 7.61. The highest BCUT2D eigenvalue weighted by molar-refractivity contribution is 7.10. The van der Waals surface area contributed by atoms with Crippen LogP contribution in [0.3, 0.4) is 0 Å². The first-order valence-corrected chi connectivity index (χ1v) is 10.8. The number of ether oxygens (including phenoxy) is 2. The topological polar surface area (TPSA) is 60.5 Å². The number of carbonyl (C=O) groups excluding carboxylic acids is 1. The minimum Gasteiger partial charge on any atom is -0.493 e. The van der Waals surface area contributed by atoms with Gasteiger partial charge in [0.25, 0.3) is 0 Å². The number of anilines is 1. The molecule has 6 heteroatoms. The summed E-state index contributed by atoms with van der Waals surface area (Å²) in [5, 5.41) is 5.63. The average Bonchev–Trinajstić information content (AvgIpc) is 3.32. The Kier molecular flexibility index (Phi) is 4.79. The van der Waals surface area contributed by atoms with Crippen LogP contribution in [0.5, 0.6) is 11.5 Å². The molecule has 1 aromatic carbocycles. The third kappa shape index (κ3) is 3.08. The largest absolute Gasteiger partial charge is 0.493 e. The summed E-state index contributed by atoms with van der Waals surface area (Å²) in [7, 11) is 3.26. The first kappa shape index (κ1) is 18.9. The Labute approximate surface area is 179 Å². The molecule has 0 saturated heterocycles. The van der Waals surface area contributed by atoms with E-state index in [1.54, 1.807) is 31.8 Å². The number of carbonyl (C=O) groups is 1. The standard InChI is InChI=1S/C24H22N2O3S/c1-28-20-11-16-17(12-21(20)29-2)26-18-9-15(22-6-4-8-30-22)10-19(27)24(18)23(16)14-5-3-7-25-13-14/h3-8,11-13,15,23,26H,9-10H2,1-2H3/t15-,23+/m1/s1. The van der Waals surface area contributed by atoms with E-state index in [1.165, 1.54) is 4.88 Å². The van der Waals surface area contributed by atoms with Crippen molar-refractivity contribution in [2.24, 2.45) is 0 Å². The van der Waals surface area contributed by atoms with Crippen molar-refractivity contribution in [3.05, 3.63) is 81.4 Å². The van der Waals surface area contributed by atoms with Gasteiger partial charge < -0.3 is 14.8 Å². The number of hydrogen-bond donors (Lipinski definition) is 1. The average molecular weight is 419 g/mol. The van der Waals surface area contributed by atoms with E-state index in [1.807, 2.05) is 36.5 Å². The van der Waals surface area contributed by atoms with Crippen LogP contribution in [0, 0.1) is 0 Å². The maximum atomic E-state index is 13.4. The lowest BCUT2D eigenvalue weighted by Gasteiger charge is -2.36. The van der Waals surface area contributed by atoms with Crippen molar-refractivity contribution in [2.75, 3.05) is 19.5 Å². The lowest BCUT2D eigenvalue weighted by atomic mass is 9.73. The fraction of sp³-hybridized carbons (Fsp3) is 0.250. The molecule has 3 heterocycles. The van der Waals surface area contributed by atoms with E-state index in [4.69, 9.17) is 9.47 Å². The van der Waals surface area contributed by atoms with Gasteiger partial charge in [-0.05, 0) is 41.1 Å². The van der Waals surface area contributed by atoms with Gasteiger partial charge in [-0.3, -0.25) is 9.78 Å². The van der Waals surface area contributed by atoms with E-state index in [-0.39, 0.29) is 17.6 Å². The van der Waals surface area contributed by atoms with Gasteiger partial charge >= 0.3 is 0 Å². The van der Waals surface area contributed by atoms with E-state index in [0.29, 0.717) is 17.9 Å². The van der Waals surface area contributed by atoms with Crippen molar-refractivity contribution >= 4 is 22.8 Å². The van der Waals surface area contributed by atoms with Crippen LogP contribution in [0.4, 0.5) is 5.69 Å². The number of nitrogens with zero attached hydrogens (tertiary/aromatic N) is 1. The van der Waals surface area contributed by atoms with Crippen LogP contribution in [0.2, 0.25) is 0 Å². The van der Waals surface area contributed by atoms with E-state index < -0.39 is 0 Å². The highest BCUT2D eigenvalue weighted by atomic mass is 32.1. The van der Waals surface area contributed by atoms with E-state index in [2.05, 4.69) is 21.7 Å². The quantitative estimate of drug-likeness (QED) is 0.637. The number of benzene rings is 1. The molecule has 1 aliphatic carbocycles. The molecule has 0 saturated carbocycles. The monoisotopic (exact) mass is 418 g/mol. The fourth-order valence-electron chi connectivity index (χ4n) is 4.56. The second-order valence-corrected chi connectivity index (χ2v) is 8.55. The predicted molar refractivity (Wildman–Crippen MR) is 118 cm³/mol. The van der Waals surface area contributed by atoms with Crippen LogP contribution in [-0.2, 0) is 4.79 Å². The number of ketones is 1. The third-order valence-electron chi connectivity index (χ3n) is 5.91. The number of methoxy groups -OCH3 is 2. The molecule has 0 radical (unpaired) electrons. The van der Waals surface area contributed by atoms with Crippen LogP contribution in [0.15, 0.2) is 65.4 Å². The summed E-state index contributed by atoms with van der Waals surface area (Å²) in [4.78, 5) is 19.0. The summed E-state index contributed by atoms with van der Waals surface area (Å²) in [5.41, 5.74) is 4.79. The van der Waals surface area contributed by atoms with Crippen LogP contribution in [0.25, 0.3) is 0 Å². The van der Waals surface area contributed by atoms with E-state index in [0.717, 1.165) is 34.5 Å². The van der Waals surface area contributed by atoms with Gasteiger partial charge in [-0.15, -0.1) is 11.3 Å². The molecule has 152 valence electrons. The Bertz CT molecular complexity index is 1120. The Hall–Kier alpha value is -3.12. The second-order valence-electron chi connectivity index (χ2n) is 7.57. The van der Waals surface area contributed by atoms with Crippen molar-refractivity contribution in [3.63, 3.8) is 0 Å². The summed E-state index contributed by atoms with van der Waals surface area (Å²) in [6.45, 7) is 0. The fourth-order valence-corrected chi connectivity index (χ4v) is 5.39. The number of nitrogens with one attached hydrogen (secondary N) is 1. The predicted octanol–water partition coefficient (Wildman–Crippen LogP) is 5.12. The van der Waals surface area contributed by atoms with E-state index in [9.17, 15) is 4.79 Å². The maximum Gasteiger partial charge on any atom is 0.162 e. The zero-order valence-electron chi connectivity index (χ0n) is 16.8. The smallest absolute Gasteiger partial charge is 0.162 e. The van der Waals surface area contributed by atoms with Gasteiger partial charge in [0, 0.05) is 58.6 Å². The number of allylic oxidation sites excluding steroid dienone is 2. The van der Waals surface area contributed by atoms with Gasteiger partial charge in [-0.1, -0.05) is 12.1 Å². The first-order chi connectivity index (χ1) is 14.7. The minimum absolute atomic E-state index is 0.179. The van der Waals surface area contributed by atoms with Crippen LogP contribution < -0.4 is 14.8 Å². The highest BCUT2D eigenvalue weighted by Crippen LogP contribution is 2.50. The third-order valence-corrected chi connectivity index (χ3v) is 6.95. The highest BCUT2D eigenvalue weighted by Gasteiger charge is 2.39. The molecular formula is C24H22N2O3S. The van der Waals surface area contributed by atoms with Crippen molar-refractivity contribution in [1.29, 1.82) is 0 Å². The number of aromatic nitrogens is 1. The van der Waals surface area contributed by atoms with Gasteiger partial charge in [-0.25, -0.2) is 0 Å². The van der Waals surface area contributed by atoms with Crippen molar-refractivity contribution in [1.82, 2.24) is 4.98 Å². The molecule has 3 aromatic rings. The van der Waals surface area contributed by atoms with Crippen LogP contribution in [-0.4, -0.2) is 25.0 Å². The Balaban J connectivity index is 1.67. The molecule has 5 nitrogen and oxygen atoms in total. The molecule has 2 aliphatic rings. The van der Waals surface area contributed by atoms with Crippen LogP contribution in [0.1, 0.15) is 40.7 Å². The number of thiophene rings is 1. The van der Waals surface area contributed by atoms with Gasteiger partial charge in [0.1, 0.15) is 0 Å². The number of rotatable bonds is 4. The zero-order valence-corrected chi connectivity index (χ0v) is 17.7. The number of Topliss-reactive ketones (excluding diaryl/α,β-unsaturated/α-hetero) is 1. The van der Waals surface area contributed by atoms with Gasteiger partial charge in [-0.2, -0.15) is 0 Å². The summed E-state index contributed by atoms with van der Waals surface area (Å²) in [6, 6.07) is 12.1. The Morgan fingerprint density at radius 3 is 2.63 bits per heavy atom. The maximum absolute atomic E-state index is 13.4. The molecule has 0 fully saturated rings. The summed E-state index contributed by atoms with van der Waals surface area (Å²) in [6.07, 6.45) is 4.94. The molecule has 0 unspecified atom stereocenters. The molecule has 2 atom stereocenters.